The lowest BCUT2D eigenvalue weighted by molar-refractivity contribution is -0.143. The Bertz CT molecular complexity index is 1100. The minimum absolute atomic E-state index is 0.0485. The van der Waals surface area contributed by atoms with Gasteiger partial charge < -0.3 is 4.74 Å². The standard InChI is InChI=1S/C17H21N3O6S/c1-11-5-6-14(7-12(11)2)27(24,25)18-9-16(22)26-10-13-8-15(21)20(4)17(23)19(13)3/h5-8,18H,9-10H2,1-4H3. The predicted molar refractivity (Wildman–Crippen MR) is 97.8 cm³/mol. The van der Waals surface area contributed by atoms with Crippen molar-refractivity contribution >= 4 is 16.0 Å². The maximum absolute atomic E-state index is 12.2. The van der Waals surface area contributed by atoms with Crippen molar-refractivity contribution in [2.24, 2.45) is 14.1 Å². The molecule has 2 rings (SSSR count). The van der Waals surface area contributed by atoms with Gasteiger partial charge in [-0.05, 0) is 37.1 Å². The molecule has 1 aromatic carbocycles. The number of hydrogen-bond acceptors (Lipinski definition) is 6. The number of nitrogens with one attached hydrogen (secondary N) is 1. The predicted octanol–water partition coefficient (Wildman–Crippen LogP) is -0.277. The summed E-state index contributed by atoms with van der Waals surface area (Å²) in [4.78, 5) is 35.3. The molecular weight excluding hydrogens is 374 g/mol. The van der Waals surface area contributed by atoms with Crippen LogP contribution in [0.4, 0.5) is 0 Å². The number of ether oxygens (including phenoxy) is 1. The zero-order valence-corrected chi connectivity index (χ0v) is 16.3. The van der Waals surface area contributed by atoms with Crippen molar-refractivity contribution in [1.82, 2.24) is 13.9 Å². The topological polar surface area (TPSA) is 116 Å². The van der Waals surface area contributed by atoms with Gasteiger partial charge in [-0.3, -0.25) is 18.7 Å². The summed E-state index contributed by atoms with van der Waals surface area (Å²) in [6, 6.07) is 5.82. The molecule has 1 heterocycles. The Hall–Kier alpha value is -2.72. The van der Waals surface area contributed by atoms with Crippen LogP contribution in [0.2, 0.25) is 0 Å². The lowest BCUT2D eigenvalue weighted by Gasteiger charge is -2.11. The molecule has 146 valence electrons. The summed E-state index contributed by atoms with van der Waals surface area (Å²) in [5.74, 6) is -0.837. The normalized spacial score (nSPS) is 11.4. The van der Waals surface area contributed by atoms with Gasteiger partial charge in [-0.1, -0.05) is 6.07 Å². The van der Waals surface area contributed by atoms with E-state index in [-0.39, 0.29) is 17.2 Å². The molecule has 1 aromatic heterocycles. The van der Waals surface area contributed by atoms with Crippen LogP contribution in [-0.2, 0) is 40.3 Å². The first-order valence-electron chi connectivity index (χ1n) is 8.01. The number of rotatable bonds is 6. The third-order valence-electron chi connectivity index (χ3n) is 4.20. The average molecular weight is 395 g/mol. The highest BCUT2D eigenvalue weighted by atomic mass is 32.2. The molecule has 27 heavy (non-hydrogen) atoms. The molecule has 10 heteroatoms. The number of aromatic nitrogens is 2. The molecule has 0 aliphatic rings. The van der Waals surface area contributed by atoms with Crippen LogP contribution in [0.5, 0.6) is 0 Å². The molecule has 0 fully saturated rings. The van der Waals surface area contributed by atoms with Crippen LogP contribution in [0.3, 0.4) is 0 Å². The lowest BCUT2D eigenvalue weighted by Crippen LogP contribution is -2.38. The fourth-order valence-electron chi connectivity index (χ4n) is 2.24. The second kappa shape index (κ2) is 7.89. The maximum Gasteiger partial charge on any atom is 0.330 e. The minimum Gasteiger partial charge on any atom is -0.458 e. The summed E-state index contributed by atoms with van der Waals surface area (Å²) in [5, 5.41) is 0. The smallest absolute Gasteiger partial charge is 0.330 e. The molecule has 0 saturated carbocycles. The van der Waals surface area contributed by atoms with Crippen molar-refractivity contribution in [3.8, 4) is 0 Å². The van der Waals surface area contributed by atoms with E-state index in [0.29, 0.717) is 0 Å². The van der Waals surface area contributed by atoms with Gasteiger partial charge in [0.15, 0.2) is 0 Å². The van der Waals surface area contributed by atoms with E-state index >= 15 is 0 Å². The SMILES string of the molecule is Cc1ccc(S(=O)(=O)NCC(=O)OCc2cc(=O)n(C)c(=O)n2C)cc1C. The molecule has 0 bridgehead atoms. The van der Waals surface area contributed by atoms with Gasteiger partial charge >= 0.3 is 11.7 Å². The van der Waals surface area contributed by atoms with Crippen molar-refractivity contribution in [3.05, 3.63) is 61.9 Å². The molecule has 9 nitrogen and oxygen atoms in total. The van der Waals surface area contributed by atoms with Crippen LogP contribution in [0.1, 0.15) is 16.8 Å². The molecule has 1 N–H and O–H groups in total. The molecule has 0 aliphatic heterocycles. The fraction of sp³-hybridized carbons (Fsp3) is 0.353. The second-order valence-electron chi connectivity index (χ2n) is 6.11. The second-order valence-corrected chi connectivity index (χ2v) is 7.87. The van der Waals surface area contributed by atoms with Gasteiger partial charge in [0.2, 0.25) is 10.0 Å². The van der Waals surface area contributed by atoms with Crippen LogP contribution in [0.25, 0.3) is 0 Å². The number of sulfonamides is 1. The number of aryl methyl sites for hydroxylation is 2. The molecule has 0 amide bonds. The Morgan fingerprint density at radius 2 is 1.74 bits per heavy atom. The highest BCUT2D eigenvalue weighted by molar-refractivity contribution is 7.89. The van der Waals surface area contributed by atoms with Gasteiger partial charge in [-0.2, -0.15) is 4.72 Å². The summed E-state index contributed by atoms with van der Waals surface area (Å²) in [6.07, 6.45) is 0. The number of benzene rings is 1. The Labute approximate surface area is 156 Å². The Balaban J connectivity index is 2.01. The van der Waals surface area contributed by atoms with E-state index in [1.807, 2.05) is 6.92 Å². The van der Waals surface area contributed by atoms with Crippen molar-refractivity contribution in [3.63, 3.8) is 0 Å². The van der Waals surface area contributed by atoms with Gasteiger partial charge in [-0.25, -0.2) is 13.2 Å². The van der Waals surface area contributed by atoms with Gasteiger partial charge in [-0.15, -0.1) is 0 Å². The van der Waals surface area contributed by atoms with Crippen molar-refractivity contribution < 1.29 is 17.9 Å². The van der Waals surface area contributed by atoms with Gasteiger partial charge in [0.25, 0.3) is 5.56 Å². The summed E-state index contributed by atoms with van der Waals surface area (Å²) < 4.78 is 33.7. The van der Waals surface area contributed by atoms with Crippen LogP contribution in [0.15, 0.2) is 38.8 Å². The largest absolute Gasteiger partial charge is 0.458 e. The summed E-state index contributed by atoms with van der Waals surface area (Å²) in [7, 11) is -1.09. The Morgan fingerprint density at radius 1 is 1.07 bits per heavy atom. The number of hydrogen-bond donors (Lipinski definition) is 1. The zero-order valence-electron chi connectivity index (χ0n) is 15.5. The number of carbonyl (C=O) groups excluding carboxylic acids is 1. The van der Waals surface area contributed by atoms with E-state index in [4.69, 9.17) is 4.74 Å². The van der Waals surface area contributed by atoms with E-state index in [2.05, 4.69) is 4.72 Å². The highest BCUT2D eigenvalue weighted by Crippen LogP contribution is 2.14. The molecule has 0 radical (unpaired) electrons. The summed E-state index contributed by atoms with van der Waals surface area (Å²) >= 11 is 0. The van der Waals surface area contributed by atoms with Crippen molar-refractivity contribution in [1.29, 1.82) is 0 Å². The lowest BCUT2D eigenvalue weighted by atomic mass is 10.1. The number of esters is 1. The first-order chi connectivity index (χ1) is 12.5. The van der Waals surface area contributed by atoms with Crippen LogP contribution < -0.4 is 16.0 Å². The minimum atomic E-state index is -3.86. The fourth-order valence-corrected chi connectivity index (χ4v) is 3.29. The number of carbonyl (C=O) groups is 1. The average Bonchev–Trinajstić information content (AvgIpc) is 2.62. The molecule has 0 atom stereocenters. The monoisotopic (exact) mass is 395 g/mol. The molecular formula is C17H21N3O6S. The Morgan fingerprint density at radius 3 is 2.37 bits per heavy atom. The zero-order chi connectivity index (χ0) is 20.4. The van der Waals surface area contributed by atoms with E-state index in [9.17, 15) is 22.8 Å². The first kappa shape index (κ1) is 20.6. The first-order valence-corrected chi connectivity index (χ1v) is 9.49. The van der Waals surface area contributed by atoms with Gasteiger partial charge in [0, 0.05) is 20.2 Å². The van der Waals surface area contributed by atoms with Crippen LogP contribution in [0, 0.1) is 13.8 Å². The highest BCUT2D eigenvalue weighted by Gasteiger charge is 2.17. The molecule has 0 aliphatic carbocycles. The van der Waals surface area contributed by atoms with Gasteiger partial charge in [0.05, 0.1) is 10.6 Å². The number of nitrogens with zero attached hydrogens (tertiary/aromatic N) is 2. The molecule has 0 unspecified atom stereocenters. The van der Waals surface area contributed by atoms with Crippen molar-refractivity contribution in [2.45, 2.75) is 25.3 Å². The van der Waals surface area contributed by atoms with E-state index in [0.717, 1.165) is 15.7 Å². The van der Waals surface area contributed by atoms with Crippen LogP contribution >= 0.6 is 0 Å². The Kier molecular flexibility index (Phi) is 6.01. The molecule has 0 saturated heterocycles. The van der Waals surface area contributed by atoms with Crippen LogP contribution in [-0.4, -0.2) is 30.1 Å². The van der Waals surface area contributed by atoms with Gasteiger partial charge in [0.1, 0.15) is 13.2 Å². The van der Waals surface area contributed by atoms with E-state index in [1.54, 1.807) is 13.0 Å². The third kappa shape index (κ3) is 4.72. The summed E-state index contributed by atoms with van der Waals surface area (Å²) in [5.41, 5.74) is 0.886. The molecule has 2 aromatic rings. The van der Waals surface area contributed by atoms with Crippen molar-refractivity contribution in [2.75, 3.05) is 6.54 Å². The third-order valence-corrected chi connectivity index (χ3v) is 5.60. The molecule has 0 spiro atoms. The summed E-state index contributed by atoms with van der Waals surface area (Å²) in [6.45, 7) is 2.75. The van der Waals surface area contributed by atoms with E-state index < -0.39 is 33.8 Å². The van der Waals surface area contributed by atoms with E-state index in [1.165, 1.54) is 36.9 Å². The maximum atomic E-state index is 12.2. The quantitative estimate of drug-likeness (QED) is 0.673.